The summed E-state index contributed by atoms with van der Waals surface area (Å²) in [7, 11) is 4.77. The molecule has 0 unspecified atom stereocenters. The van der Waals surface area contributed by atoms with Crippen LogP contribution in [0.1, 0.15) is 25.8 Å². The molecule has 152 valence electrons. The van der Waals surface area contributed by atoms with E-state index in [9.17, 15) is 0 Å². The lowest BCUT2D eigenvalue weighted by Crippen LogP contribution is -2.53. The number of benzene rings is 1. The zero-order chi connectivity index (χ0) is 19.3. The Kier molecular flexibility index (Phi) is 8.17. The van der Waals surface area contributed by atoms with E-state index >= 15 is 0 Å². The van der Waals surface area contributed by atoms with E-state index in [1.54, 1.807) is 21.3 Å². The monoisotopic (exact) mass is 445 g/mol. The average Bonchev–Trinajstić information content (AvgIpc) is 2.58. The molecule has 1 aliphatic rings. The topological polar surface area (TPSA) is 117 Å². The maximum atomic E-state index is 5.89. The number of nitrogens with zero attached hydrogens (tertiary/aromatic N) is 3. The van der Waals surface area contributed by atoms with Crippen molar-refractivity contribution in [2.45, 2.75) is 32.4 Å². The first-order valence-corrected chi connectivity index (χ1v) is 8.24. The molecule has 1 aliphatic heterocycles. The number of hydroxylamine groups is 2. The van der Waals surface area contributed by atoms with Crippen LogP contribution in [0, 0.1) is 0 Å². The fourth-order valence-electron chi connectivity index (χ4n) is 2.73. The number of hydrogen-bond acceptors (Lipinski definition) is 9. The number of halogens is 1. The van der Waals surface area contributed by atoms with Crippen LogP contribution in [0.2, 0.25) is 0 Å². The van der Waals surface area contributed by atoms with Gasteiger partial charge in [0, 0.05) is 0 Å². The van der Waals surface area contributed by atoms with E-state index in [1.165, 1.54) is 5.06 Å². The summed E-state index contributed by atoms with van der Waals surface area (Å²) in [6.45, 7) is 4.13. The molecular weight excluding hydrogens is 418 g/mol. The van der Waals surface area contributed by atoms with Gasteiger partial charge in [-0.2, -0.15) is 10.1 Å². The Morgan fingerprint density at radius 3 is 2.11 bits per heavy atom. The molecule has 27 heavy (non-hydrogen) atoms. The maximum Gasteiger partial charge on any atom is 0.226 e. The summed E-state index contributed by atoms with van der Waals surface area (Å²) < 4.78 is 16.1. The predicted molar refractivity (Wildman–Crippen MR) is 110 cm³/mol. The lowest BCUT2D eigenvalue weighted by Gasteiger charge is -2.36. The van der Waals surface area contributed by atoms with E-state index in [4.69, 9.17) is 30.5 Å². The van der Waals surface area contributed by atoms with Crippen LogP contribution in [0.5, 0.6) is 17.2 Å². The third-order valence-electron chi connectivity index (χ3n) is 3.88. The summed E-state index contributed by atoms with van der Waals surface area (Å²) >= 11 is 0. The largest absolute Gasteiger partial charge is 0.493 e. The van der Waals surface area contributed by atoms with Crippen LogP contribution in [0.25, 0.3) is 0 Å². The number of rotatable bonds is 8. The lowest BCUT2D eigenvalue weighted by molar-refractivity contribution is -0.157. The Bertz CT molecular complexity index is 684. The fourth-order valence-corrected chi connectivity index (χ4v) is 2.73. The van der Waals surface area contributed by atoms with E-state index in [1.807, 2.05) is 26.0 Å². The van der Waals surface area contributed by atoms with Crippen LogP contribution in [-0.4, -0.2) is 50.6 Å². The van der Waals surface area contributed by atoms with Gasteiger partial charge in [0.25, 0.3) is 0 Å². The van der Waals surface area contributed by atoms with E-state index in [-0.39, 0.29) is 28.9 Å². The highest BCUT2D eigenvalue weighted by Crippen LogP contribution is 2.38. The van der Waals surface area contributed by atoms with Crippen molar-refractivity contribution in [3.05, 3.63) is 17.7 Å². The lowest BCUT2D eigenvalue weighted by atomic mass is 10.1. The van der Waals surface area contributed by atoms with Crippen LogP contribution < -0.4 is 25.7 Å². The first-order chi connectivity index (χ1) is 12.3. The first kappa shape index (κ1) is 22.8. The van der Waals surface area contributed by atoms with Gasteiger partial charge in [-0.05, 0) is 44.4 Å². The smallest absolute Gasteiger partial charge is 0.226 e. The molecule has 10 heteroatoms. The number of ether oxygens (including phenoxy) is 3. The molecule has 0 aliphatic carbocycles. The summed E-state index contributed by atoms with van der Waals surface area (Å²) in [5.74, 6) is 2.16. The van der Waals surface area contributed by atoms with E-state index < -0.39 is 5.66 Å². The van der Waals surface area contributed by atoms with Crippen molar-refractivity contribution in [3.63, 3.8) is 0 Å². The predicted octanol–water partition coefficient (Wildman–Crippen LogP) is 1.84. The van der Waals surface area contributed by atoms with Crippen molar-refractivity contribution in [2.75, 3.05) is 27.9 Å². The standard InChI is InChI=1S/C17H27N5O4.BrH/c1-17(2)21-15(18)20-16(19)22(17)26-8-6-7-11-9-12(23-3)14(25-5)13(10-11)24-4;/h9-10H,6-8H2,1-5H3,(H4,18,19,20,21);1H. The van der Waals surface area contributed by atoms with Gasteiger partial charge in [-0.3, -0.25) is 4.84 Å². The van der Waals surface area contributed by atoms with Crippen molar-refractivity contribution in [1.29, 1.82) is 0 Å². The van der Waals surface area contributed by atoms with Crippen molar-refractivity contribution in [2.24, 2.45) is 21.5 Å². The molecule has 0 saturated carbocycles. The van der Waals surface area contributed by atoms with E-state index in [2.05, 4.69) is 9.98 Å². The molecule has 0 fully saturated rings. The molecule has 0 bridgehead atoms. The van der Waals surface area contributed by atoms with Gasteiger partial charge in [0.1, 0.15) is 0 Å². The van der Waals surface area contributed by atoms with Gasteiger partial charge in [0.05, 0.1) is 27.9 Å². The number of guanidine groups is 2. The number of nitrogens with two attached hydrogens (primary N) is 2. The molecule has 1 aromatic carbocycles. The average molecular weight is 446 g/mol. The number of aryl methyl sites for hydroxylation is 1. The third kappa shape index (κ3) is 5.39. The number of aliphatic imine (C=N–C) groups is 2. The van der Waals surface area contributed by atoms with Gasteiger partial charge in [-0.25, -0.2) is 4.99 Å². The SMILES string of the molecule is Br.COc1cc(CCCON2C(N)=NC(N)=NC2(C)C)cc(OC)c1OC. The molecule has 0 aromatic heterocycles. The van der Waals surface area contributed by atoms with Gasteiger partial charge >= 0.3 is 0 Å². The van der Waals surface area contributed by atoms with Crippen molar-refractivity contribution in [3.8, 4) is 17.2 Å². The van der Waals surface area contributed by atoms with E-state index in [0.717, 1.165) is 18.4 Å². The van der Waals surface area contributed by atoms with E-state index in [0.29, 0.717) is 23.9 Å². The minimum Gasteiger partial charge on any atom is -0.493 e. The molecule has 0 radical (unpaired) electrons. The Hall–Kier alpha value is -2.20. The summed E-state index contributed by atoms with van der Waals surface area (Å²) in [5.41, 5.74) is 11.9. The highest BCUT2D eigenvalue weighted by Gasteiger charge is 2.32. The minimum atomic E-state index is -0.706. The summed E-state index contributed by atoms with van der Waals surface area (Å²) in [6.07, 6.45) is 1.51. The summed E-state index contributed by atoms with van der Waals surface area (Å²) in [5, 5.41) is 1.47. The minimum absolute atomic E-state index is 0. The molecule has 9 nitrogen and oxygen atoms in total. The molecule has 2 rings (SSSR count). The first-order valence-electron chi connectivity index (χ1n) is 8.24. The number of methoxy groups -OCH3 is 3. The second-order valence-electron chi connectivity index (χ2n) is 6.20. The molecule has 0 saturated heterocycles. The van der Waals surface area contributed by atoms with Gasteiger partial charge in [-0.15, -0.1) is 17.0 Å². The van der Waals surface area contributed by atoms with Crippen LogP contribution in [-0.2, 0) is 11.3 Å². The zero-order valence-electron chi connectivity index (χ0n) is 16.3. The molecule has 0 atom stereocenters. The van der Waals surface area contributed by atoms with Crippen molar-refractivity contribution < 1.29 is 19.0 Å². The van der Waals surface area contributed by atoms with Crippen molar-refractivity contribution in [1.82, 2.24) is 5.06 Å². The summed E-state index contributed by atoms with van der Waals surface area (Å²) in [6, 6.07) is 3.85. The van der Waals surface area contributed by atoms with Crippen LogP contribution in [0.3, 0.4) is 0 Å². The zero-order valence-corrected chi connectivity index (χ0v) is 18.0. The molecule has 4 N–H and O–H groups in total. The molecular formula is C17H28BrN5O4. The molecule has 1 aromatic rings. The highest BCUT2D eigenvalue weighted by atomic mass is 79.9. The third-order valence-corrected chi connectivity index (χ3v) is 3.88. The highest BCUT2D eigenvalue weighted by molar-refractivity contribution is 8.93. The van der Waals surface area contributed by atoms with Gasteiger partial charge in [-0.1, -0.05) is 0 Å². The molecule has 0 spiro atoms. The van der Waals surface area contributed by atoms with Gasteiger partial charge in [0.15, 0.2) is 17.2 Å². The quantitative estimate of drug-likeness (QED) is 0.585. The van der Waals surface area contributed by atoms with Crippen LogP contribution in [0.15, 0.2) is 22.1 Å². The van der Waals surface area contributed by atoms with Crippen molar-refractivity contribution >= 4 is 28.9 Å². The second-order valence-corrected chi connectivity index (χ2v) is 6.20. The van der Waals surface area contributed by atoms with Crippen LogP contribution in [0.4, 0.5) is 0 Å². The summed E-state index contributed by atoms with van der Waals surface area (Å²) in [4.78, 5) is 13.9. The van der Waals surface area contributed by atoms with Crippen LogP contribution >= 0.6 is 17.0 Å². The normalized spacial score (nSPS) is 15.4. The fraction of sp³-hybridized carbons (Fsp3) is 0.529. The van der Waals surface area contributed by atoms with Gasteiger partial charge in [0.2, 0.25) is 17.7 Å². The Balaban J connectivity index is 0.00000364. The Morgan fingerprint density at radius 1 is 1.04 bits per heavy atom. The molecule has 1 heterocycles. The Morgan fingerprint density at radius 2 is 1.63 bits per heavy atom. The Labute approximate surface area is 170 Å². The van der Waals surface area contributed by atoms with Gasteiger partial charge < -0.3 is 25.7 Å². The molecule has 0 amide bonds. The maximum absolute atomic E-state index is 5.89. The number of hydrogen-bond donors (Lipinski definition) is 2. The second kappa shape index (κ2) is 9.65.